The quantitative estimate of drug-likeness (QED) is 0.711. The van der Waals surface area contributed by atoms with Gasteiger partial charge in [0.25, 0.3) is 0 Å². The van der Waals surface area contributed by atoms with Gasteiger partial charge in [-0.15, -0.1) is 0 Å². The molecule has 0 amide bonds. The fraction of sp³-hybridized carbons (Fsp3) is 1.00. The van der Waals surface area contributed by atoms with Crippen molar-refractivity contribution in [2.75, 3.05) is 11.5 Å². The molecule has 1 fully saturated rings. The van der Waals surface area contributed by atoms with E-state index < -0.39 is 0 Å². The fourth-order valence-corrected chi connectivity index (χ4v) is 3.12. The van der Waals surface area contributed by atoms with E-state index in [-0.39, 0.29) is 6.10 Å². The number of hydrogen-bond donors (Lipinski definition) is 1. The number of rotatable bonds is 5. The Morgan fingerprint density at radius 3 is 2.50 bits per heavy atom. The zero-order valence-electron chi connectivity index (χ0n) is 9.54. The summed E-state index contributed by atoms with van der Waals surface area (Å²) < 4.78 is 0. The van der Waals surface area contributed by atoms with Crippen LogP contribution in [0.3, 0.4) is 0 Å². The summed E-state index contributed by atoms with van der Waals surface area (Å²) in [5.41, 5.74) is 0. The third-order valence-corrected chi connectivity index (χ3v) is 4.52. The normalized spacial score (nSPS) is 30.2. The predicted octanol–water partition coefficient (Wildman–Crippen LogP) is 3.32. The van der Waals surface area contributed by atoms with Crippen molar-refractivity contribution in [2.24, 2.45) is 11.8 Å². The van der Waals surface area contributed by atoms with Gasteiger partial charge in [0.2, 0.25) is 0 Å². The minimum atomic E-state index is -0.0425. The van der Waals surface area contributed by atoms with E-state index in [0.29, 0.717) is 5.92 Å². The van der Waals surface area contributed by atoms with Crippen LogP contribution in [0.4, 0.5) is 0 Å². The molecular formula is C12H24OS. The molecule has 14 heavy (non-hydrogen) atoms. The van der Waals surface area contributed by atoms with Crippen molar-refractivity contribution in [1.82, 2.24) is 0 Å². The van der Waals surface area contributed by atoms with Crippen LogP contribution >= 0.6 is 11.8 Å². The zero-order chi connectivity index (χ0) is 10.4. The predicted molar refractivity (Wildman–Crippen MR) is 64.7 cm³/mol. The van der Waals surface area contributed by atoms with Crippen LogP contribution in [0, 0.1) is 11.8 Å². The summed E-state index contributed by atoms with van der Waals surface area (Å²) in [5, 5.41) is 9.97. The molecule has 0 aromatic heterocycles. The van der Waals surface area contributed by atoms with Gasteiger partial charge in [-0.1, -0.05) is 26.7 Å². The van der Waals surface area contributed by atoms with Gasteiger partial charge >= 0.3 is 0 Å². The van der Waals surface area contributed by atoms with Gasteiger partial charge in [0.05, 0.1) is 6.10 Å². The molecule has 84 valence electrons. The van der Waals surface area contributed by atoms with E-state index in [4.69, 9.17) is 0 Å². The van der Waals surface area contributed by atoms with Crippen LogP contribution < -0.4 is 0 Å². The van der Waals surface area contributed by atoms with Crippen LogP contribution in [0.25, 0.3) is 0 Å². The molecule has 1 saturated carbocycles. The second-order valence-electron chi connectivity index (χ2n) is 4.66. The lowest BCUT2D eigenvalue weighted by Crippen LogP contribution is -2.27. The summed E-state index contributed by atoms with van der Waals surface area (Å²) in [7, 11) is 0. The minimum absolute atomic E-state index is 0.0425. The van der Waals surface area contributed by atoms with Crippen molar-refractivity contribution >= 4 is 11.8 Å². The van der Waals surface area contributed by atoms with Gasteiger partial charge in [0.15, 0.2) is 0 Å². The van der Waals surface area contributed by atoms with Crippen LogP contribution in [-0.4, -0.2) is 22.7 Å². The van der Waals surface area contributed by atoms with Crippen molar-refractivity contribution in [3.8, 4) is 0 Å². The Morgan fingerprint density at radius 1 is 1.29 bits per heavy atom. The van der Waals surface area contributed by atoms with Gasteiger partial charge in [0, 0.05) is 5.75 Å². The molecular weight excluding hydrogens is 192 g/mol. The standard InChI is InChI=1S/C12H24OS/c1-3-8-14-9-12(13)11-6-4-10(2)5-7-11/h10-13H,3-9H2,1-2H3. The molecule has 1 N–H and O–H groups in total. The first kappa shape index (κ1) is 12.4. The van der Waals surface area contributed by atoms with E-state index in [0.717, 1.165) is 11.7 Å². The topological polar surface area (TPSA) is 20.2 Å². The third-order valence-electron chi connectivity index (χ3n) is 3.24. The Hall–Kier alpha value is 0.310. The highest BCUT2D eigenvalue weighted by atomic mass is 32.2. The number of aliphatic hydroxyl groups is 1. The van der Waals surface area contributed by atoms with Crippen LogP contribution in [0.1, 0.15) is 46.0 Å². The lowest BCUT2D eigenvalue weighted by Gasteiger charge is -2.29. The Kier molecular flexibility index (Phi) is 5.95. The second kappa shape index (κ2) is 6.73. The molecule has 1 atom stereocenters. The lowest BCUT2D eigenvalue weighted by molar-refractivity contribution is 0.0946. The van der Waals surface area contributed by atoms with Gasteiger partial charge < -0.3 is 5.11 Å². The summed E-state index contributed by atoms with van der Waals surface area (Å²) in [5.74, 6) is 3.63. The number of aliphatic hydroxyl groups excluding tert-OH is 1. The molecule has 0 bridgehead atoms. The highest BCUT2D eigenvalue weighted by Crippen LogP contribution is 2.31. The molecule has 0 heterocycles. The maximum atomic E-state index is 9.97. The lowest BCUT2D eigenvalue weighted by atomic mass is 9.81. The molecule has 1 rings (SSSR count). The zero-order valence-corrected chi connectivity index (χ0v) is 10.4. The van der Waals surface area contributed by atoms with E-state index in [1.165, 1.54) is 37.9 Å². The first-order valence-electron chi connectivity index (χ1n) is 5.99. The Morgan fingerprint density at radius 2 is 1.93 bits per heavy atom. The minimum Gasteiger partial charge on any atom is -0.392 e. The Balaban J connectivity index is 2.13. The molecule has 0 radical (unpaired) electrons. The van der Waals surface area contributed by atoms with Gasteiger partial charge in [-0.05, 0) is 36.9 Å². The third kappa shape index (κ3) is 4.22. The molecule has 0 saturated heterocycles. The Labute approximate surface area is 92.7 Å². The highest BCUT2D eigenvalue weighted by Gasteiger charge is 2.24. The average Bonchev–Trinajstić information content (AvgIpc) is 2.19. The summed E-state index contributed by atoms with van der Waals surface area (Å²) in [4.78, 5) is 0. The first-order valence-corrected chi connectivity index (χ1v) is 7.15. The summed E-state index contributed by atoms with van der Waals surface area (Å²) in [6, 6.07) is 0. The van der Waals surface area contributed by atoms with Crippen molar-refractivity contribution in [3.63, 3.8) is 0 Å². The molecule has 0 aromatic rings. The summed E-state index contributed by atoms with van der Waals surface area (Å²) in [6.45, 7) is 4.52. The van der Waals surface area contributed by atoms with Gasteiger partial charge in [-0.25, -0.2) is 0 Å². The molecule has 2 heteroatoms. The highest BCUT2D eigenvalue weighted by molar-refractivity contribution is 7.99. The molecule has 1 aliphatic carbocycles. The summed E-state index contributed by atoms with van der Waals surface area (Å²) >= 11 is 1.91. The van der Waals surface area contributed by atoms with Gasteiger partial charge in [0.1, 0.15) is 0 Å². The molecule has 0 aliphatic heterocycles. The van der Waals surface area contributed by atoms with Gasteiger partial charge in [-0.2, -0.15) is 11.8 Å². The van der Waals surface area contributed by atoms with Gasteiger partial charge in [-0.3, -0.25) is 0 Å². The monoisotopic (exact) mass is 216 g/mol. The first-order chi connectivity index (χ1) is 6.74. The molecule has 1 nitrogen and oxygen atoms in total. The second-order valence-corrected chi connectivity index (χ2v) is 5.81. The van der Waals surface area contributed by atoms with E-state index in [2.05, 4.69) is 13.8 Å². The van der Waals surface area contributed by atoms with E-state index >= 15 is 0 Å². The van der Waals surface area contributed by atoms with Crippen molar-refractivity contribution in [2.45, 2.75) is 52.1 Å². The Bertz CT molecular complexity index is 141. The van der Waals surface area contributed by atoms with Crippen LogP contribution in [0.2, 0.25) is 0 Å². The van der Waals surface area contributed by atoms with E-state index in [9.17, 15) is 5.11 Å². The van der Waals surface area contributed by atoms with E-state index in [1.54, 1.807) is 0 Å². The largest absolute Gasteiger partial charge is 0.392 e. The van der Waals surface area contributed by atoms with Crippen LogP contribution in [0.5, 0.6) is 0 Å². The molecule has 0 aromatic carbocycles. The average molecular weight is 216 g/mol. The number of hydrogen-bond acceptors (Lipinski definition) is 2. The van der Waals surface area contributed by atoms with Crippen molar-refractivity contribution in [3.05, 3.63) is 0 Å². The maximum absolute atomic E-state index is 9.97. The van der Waals surface area contributed by atoms with Crippen molar-refractivity contribution < 1.29 is 5.11 Å². The molecule has 1 unspecified atom stereocenters. The van der Waals surface area contributed by atoms with Crippen LogP contribution in [0.15, 0.2) is 0 Å². The summed E-state index contributed by atoms with van der Waals surface area (Å²) in [6.07, 6.45) is 6.31. The number of thioether (sulfide) groups is 1. The van der Waals surface area contributed by atoms with Crippen LogP contribution in [-0.2, 0) is 0 Å². The maximum Gasteiger partial charge on any atom is 0.0658 e. The van der Waals surface area contributed by atoms with E-state index in [1.807, 2.05) is 11.8 Å². The molecule has 0 spiro atoms. The smallest absolute Gasteiger partial charge is 0.0658 e. The molecule has 1 aliphatic rings. The fourth-order valence-electron chi connectivity index (χ4n) is 2.16. The SMILES string of the molecule is CCCSCC(O)C1CCC(C)CC1. The van der Waals surface area contributed by atoms with Crippen molar-refractivity contribution in [1.29, 1.82) is 0 Å².